The molecule has 2 aromatic rings. The molecule has 0 saturated heterocycles. The first-order chi connectivity index (χ1) is 8.72. The maximum absolute atomic E-state index is 6.32. The average Bonchev–Trinajstić information content (AvgIpc) is 2.68. The molecule has 0 atom stereocenters. The fourth-order valence-corrected chi connectivity index (χ4v) is 2.90. The summed E-state index contributed by atoms with van der Waals surface area (Å²) < 4.78 is 6.32. The van der Waals surface area contributed by atoms with E-state index < -0.39 is 8.32 Å². The first kappa shape index (κ1) is 14.3. The molecule has 19 heavy (non-hydrogen) atoms. The van der Waals surface area contributed by atoms with Crippen LogP contribution in [0.4, 0.5) is 0 Å². The molecule has 1 N–H and O–H groups in total. The number of fused-ring (bicyclic) bond motifs is 1. The van der Waals surface area contributed by atoms with Crippen LogP contribution in [-0.4, -0.2) is 13.3 Å². The molecule has 1 aromatic heterocycles. The summed E-state index contributed by atoms with van der Waals surface area (Å²) in [7, 11) is -1.68. The molecule has 0 unspecified atom stereocenters. The first-order valence-corrected chi connectivity index (χ1v) is 9.83. The number of nitrogens with one attached hydrogen (secondary N) is 1. The van der Waals surface area contributed by atoms with Crippen molar-refractivity contribution in [1.82, 2.24) is 4.98 Å². The molecule has 0 aliphatic rings. The van der Waals surface area contributed by atoms with E-state index in [9.17, 15) is 0 Å². The van der Waals surface area contributed by atoms with Crippen LogP contribution in [0.1, 0.15) is 31.9 Å². The summed E-state index contributed by atoms with van der Waals surface area (Å²) >= 11 is 0. The summed E-state index contributed by atoms with van der Waals surface area (Å²) in [5.74, 6) is 0. The average molecular weight is 275 g/mol. The van der Waals surface area contributed by atoms with Gasteiger partial charge in [-0.05, 0) is 30.6 Å². The number of benzene rings is 1. The van der Waals surface area contributed by atoms with Gasteiger partial charge < -0.3 is 9.41 Å². The van der Waals surface area contributed by atoms with E-state index in [1.807, 2.05) is 0 Å². The van der Waals surface area contributed by atoms with Gasteiger partial charge in [0, 0.05) is 17.1 Å². The zero-order valence-corrected chi connectivity index (χ0v) is 13.9. The van der Waals surface area contributed by atoms with Gasteiger partial charge in [0.15, 0.2) is 8.32 Å². The third-order valence-corrected chi connectivity index (χ3v) is 8.88. The Morgan fingerprint density at radius 3 is 2.53 bits per heavy atom. The topological polar surface area (TPSA) is 25.0 Å². The Labute approximate surface area is 117 Å². The molecule has 0 bridgehead atoms. The second-order valence-electron chi connectivity index (χ2n) is 6.86. The van der Waals surface area contributed by atoms with Crippen molar-refractivity contribution < 1.29 is 4.43 Å². The Bertz CT molecular complexity index is 578. The molecule has 0 aliphatic carbocycles. The number of rotatable bonds is 3. The normalized spacial score (nSPS) is 13.2. The third kappa shape index (κ3) is 2.77. The second kappa shape index (κ2) is 4.80. The lowest BCUT2D eigenvalue weighted by atomic mass is 10.1. The minimum absolute atomic E-state index is 0.256. The second-order valence-corrected chi connectivity index (χ2v) is 11.7. The predicted molar refractivity (Wildman–Crippen MR) is 85.0 cm³/mol. The van der Waals surface area contributed by atoms with Gasteiger partial charge in [-0.15, -0.1) is 0 Å². The number of hydrogen-bond acceptors (Lipinski definition) is 1. The van der Waals surface area contributed by atoms with E-state index in [-0.39, 0.29) is 5.04 Å². The summed E-state index contributed by atoms with van der Waals surface area (Å²) in [4.78, 5) is 3.37. The van der Waals surface area contributed by atoms with Crippen LogP contribution in [0.25, 0.3) is 10.9 Å². The molecule has 0 amide bonds. The van der Waals surface area contributed by atoms with Gasteiger partial charge in [-0.1, -0.05) is 39.0 Å². The van der Waals surface area contributed by atoms with Crippen molar-refractivity contribution in [2.75, 3.05) is 0 Å². The predicted octanol–water partition coefficient (Wildman–Crippen LogP) is 5.00. The Kier molecular flexibility index (Phi) is 3.62. The van der Waals surface area contributed by atoms with Crippen LogP contribution in [0.5, 0.6) is 0 Å². The molecule has 0 aliphatic heterocycles. The van der Waals surface area contributed by atoms with Gasteiger partial charge in [-0.25, -0.2) is 0 Å². The Morgan fingerprint density at radius 1 is 1.21 bits per heavy atom. The van der Waals surface area contributed by atoms with Gasteiger partial charge in [0.1, 0.15) is 0 Å². The maximum atomic E-state index is 6.32. The molecule has 0 fully saturated rings. The van der Waals surface area contributed by atoms with Crippen molar-refractivity contribution in [3.05, 3.63) is 35.5 Å². The largest absolute Gasteiger partial charge is 0.412 e. The summed E-state index contributed by atoms with van der Waals surface area (Å²) in [6, 6.07) is 6.44. The van der Waals surface area contributed by atoms with E-state index in [0.717, 1.165) is 0 Å². The van der Waals surface area contributed by atoms with Gasteiger partial charge in [-0.3, -0.25) is 0 Å². The summed E-state index contributed by atoms with van der Waals surface area (Å²) in [6.07, 6.45) is 2.07. The highest BCUT2D eigenvalue weighted by atomic mass is 28.4. The highest BCUT2D eigenvalue weighted by molar-refractivity contribution is 6.74. The molecule has 2 nitrogen and oxygen atoms in total. The SMILES string of the molecule is Cc1c[nH]c2c(CO[Si](C)(C)C(C)(C)C)cccc12. The van der Waals surface area contributed by atoms with Gasteiger partial charge in [0.25, 0.3) is 0 Å². The lowest BCUT2D eigenvalue weighted by Crippen LogP contribution is -2.40. The van der Waals surface area contributed by atoms with Crippen LogP contribution in [0, 0.1) is 6.92 Å². The van der Waals surface area contributed by atoms with Crippen LogP contribution in [0.2, 0.25) is 18.1 Å². The number of H-pyrrole nitrogens is 1. The Morgan fingerprint density at radius 2 is 1.89 bits per heavy atom. The van der Waals surface area contributed by atoms with Gasteiger partial charge >= 0.3 is 0 Å². The van der Waals surface area contributed by atoms with E-state index in [0.29, 0.717) is 6.61 Å². The molecule has 0 saturated carbocycles. The number of hydrogen-bond donors (Lipinski definition) is 1. The highest BCUT2D eigenvalue weighted by Crippen LogP contribution is 2.37. The van der Waals surface area contributed by atoms with Crippen molar-refractivity contribution in [3.8, 4) is 0 Å². The number of aromatic amines is 1. The van der Waals surface area contributed by atoms with E-state index >= 15 is 0 Å². The first-order valence-electron chi connectivity index (χ1n) is 6.92. The van der Waals surface area contributed by atoms with Crippen LogP contribution >= 0.6 is 0 Å². The van der Waals surface area contributed by atoms with Gasteiger partial charge in [0.2, 0.25) is 0 Å². The fourth-order valence-electron chi connectivity index (χ4n) is 1.95. The van der Waals surface area contributed by atoms with Crippen LogP contribution in [-0.2, 0) is 11.0 Å². The Balaban J connectivity index is 2.23. The molecular weight excluding hydrogens is 250 g/mol. The summed E-state index contributed by atoms with van der Waals surface area (Å²) in [5.41, 5.74) is 3.78. The smallest absolute Gasteiger partial charge is 0.192 e. The number of aromatic nitrogens is 1. The van der Waals surface area contributed by atoms with Crippen molar-refractivity contribution in [2.45, 2.75) is 52.4 Å². The van der Waals surface area contributed by atoms with Crippen LogP contribution < -0.4 is 0 Å². The molecule has 0 radical (unpaired) electrons. The summed E-state index contributed by atoms with van der Waals surface area (Å²) in [5, 5.41) is 1.56. The summed E-state index contributed by atoms with van der Waals surface area (Å²) in [6.45, 7) is 14.3. The van der Waals surface area contributed by atoms with Gasteiger partial charge in [-0.2, -0.15) is 0 Å². The lowest BCUT2D eigenvalue weighted by molar-refractivity contribution is 0.277. The van der Waals surface area contributed by atoms with E-state index in [2.05, 4.69) is 70.2 Å². The molecular formula is C16H25NOSi. The van der Waals surface area contributed by atoms with Crippen molar-refractivity contribution in [3.63, 3.8) is 0 Å². The minimum atomic E-state index is -1.68. The Hall–Kier alpha value is -1.06. The van der Waals surface area contributed by atoms with Crippen molar-refractivity contribution in [2.24, 2.45) is 0 Å². The highest BCUT2D eigenvalue weighted by Gasteiger charge is 2.37. The molecule has 3 heteroatoms. The number of aryl methyl sites for hydroxylation is 1. The minimum Gasteiger partial charge on any atom is -0.412 e. The van der Waals surface area contributed by atoms with E-state index in [1.54, 1.807) is 0 Å². The van der Waals surface area contributed by atoms with E-state index in [4.69, 9.17) is 4.43 Å². The van der Waals surface area contributed by atoms with E-state index in [1.165, 1.54) is 22.0 Å². The zero-order chi connectivity index (χ0) is 14.3. The quantitative estimate of drug-likeness (QED) is 0.784. The molecule has 0 spiro atoms. The lowest BCUT2D eigenvalue weighted by Gasteiger charge is -2.36. The van der Waals surface area contributed by atoms with Crippen molar-refractivity contribution in [1.29, 1.82) is 0 Å². The van der Waals surface area contributed by atoms with Gasteiger partial charge in [0.05, 0.1) is 12.1 Å². The molecule has 1 heterocycles. The number of para-hydroxylation sites is 1. The standard InChI is InChI=1S/C16H25NOSi/c1-12-10-17-15-13(8-7-9-14(12)15)11-18-19(5,6)16(2,3)4/h7-10,17H,11H2,1-6H3. The third-order valence-electron chi connectivity index (χ3n) is 4.40. The monoisotopic (exact) mass is 275 g/mol. The molecule has 1 aromatic carbocycles. The van der Waals surface area contributed by atoms with Crippen LogP contribution in [0.3, 0.4) is 0 Å². The molecule has 2 rings (SSSR count). The molecule has 104 valence electrons. The van der Waals surface area contributed by atoms with Crippen molar-refractivity contribution >= 4 is 19.2 Å². The van der Waals surface area contributed by atoms with Crippen LogP contribution in [0.15, 0.2) is 24.4 Å². The zero-order valence-electron chi connectivity index (χ0n) is 12.9. The maximum Gasteiger partial charge on any atom is 0.192 e. The fraction of sp³-hybridized carbons (Fsp3) is 0.500.